The molecule has 0 spiro atoms. The molecule has 0 saturated carbocycles. The number of anilines is 1. The molecule has 1 aromatic rings. The van der Waals surface area contributed by atoms with Crippen LogP contribution in [0.5, 0.6) is 0 Å². The lowest BCUT2D eigenvalue weighted by molar-refractivity contribution is -0.147. The van der Waals surface area contributed by atoms with E-state index in [4.69, 9.17) is 10.5 Å². The molecule has 1 atom stereocenters. The van der Waals surface area contributed by atoms with Crippen molar-refractivity contribution in [2.45, 2.75) is 19.9 Å². The standard InChI is InChI=1S/C15H20N2O3S/c1-3-20-15(19)13-9-21-7-6-17(13)14(18)12-8-11(16)5-4-10(12)2/h4-5,8,13H,3,6-7,9,16H2,1-2H3. The molecule has 1 saturated heterocycles. The number of carbonyl (C=O) groups excluding carboxylic acids is 2. The molecule has 2 rings (SSSR count). The van der Waals surface area contributed by atoms with Crippen molar-refractivity contribution < 1.29 is 14.3 Å². The lowest BCUT2D eigenvalue weighted by atomic mass is 10.1. The van der Waals surface area contributed by atoms with E-state index in [1.54, 1.807) is 35.7 Å². The van der Waals surface area contributed by atoms with Crippen molar-refractivity contribution in [3.05, 3.63) is 29.3 Å². The van der Waals surface area contributed by atoms with Gasteiger partial charge in [0.2, 0.25) is 0 Å². The largest absolute Gasteiger partial charge is 0.464 e. The maximum atomic E-state index is 12.7. The summed E-state index contributed by atoms with van der Waals surface area (Å²) in [6, 6.07) is 4.74. The highest BCUT2D eigenvalue weighted by Gasteiger charge is 2.34. The summed E-state index contributed by atoms with van der Waals surface area (Å²) in [5.41, 5.74) is 7.72. The number of thioether (sulfide) groups is 1. The predicted octanol–water partition coefficient (Wildman–Crippen LogP) is 1.70. The number of carbonyl (C=O) groups is 2. The van der Waals surface area contributed by atoms with Gasteiger partial charge in [-0.1, -0.05) is 6.07 Å². The van der Waals surface area contributed by atoms with Gasteiger partial charge in [0, 0.05) is 29.3 Å². The van der Waals surface area contributed by atoms with Crippen molar-refractivity contribution in [1.29, 1.82) is 0 Å². The molecule has 1 heterocycles. The van der Waals surface area contributed by atoms with Crippen LogP contribution in [0.1, 0.15) is 22.8 Å². The second-order valence-corrected chi connectivity index (χ2v) is 6.07. The van der Waals surface area contributed by atoms with Crippen molar-refractivity contribution in [3.8, 4) is 0 Å². The normalized spacial score (nSPS) is 18.4. The topological polar surface area (TPSA) is 72.6 Å². The van der Waals surface area contributed by atoms with E-state index < -0.39 is 6.04 Å². The summed E-state index contributed by atoms with van der Waals surface area (Å²) in [5, 5.41) is 0. The molecule has 6 heteroatoms. The first kappa shape index (κ1) is 15.7. The number of nitrogen functional groups attached to an aromatic ring is 1. The Kier molecular flexibility index (Phi) is 5.12. The van der Waals surface area contributed by atoms with E-state index in [1.165, 1.54) is 0 Å². The predicted molar refractivity (Wildman–Crippen MR) is 84.4 cm³/mol. The number of esters is 1. The van der Waals surface area contributed by atoms with Gasteiger partial charge >= 0.3 is 5.97 Å². The average Bonchev–Trinajstić information content (AvgIpc) is 2.49. The lowest BCUT2D eigenvalue weighted by Gasteiger charge is -2.34. The number of ether oxygens (including phenoxy) is 1. The number of rotatable bonds is 3. The van der Waals surface area contributed by atoms with Gasteiger partial charge in [-0.2, -0.15) is 11.8 Å². The summed E-state index contributed by atoms with van der Waals surface area (Å²) >= 11 is 1.66. The maximum Gasteiger partial charge on any atom is 0.329 e. The Labute approximate surface area is 128 Å². The fraction of sp³-hybridized carbons (Fsp3) is 0.467. The van der Waals surface area contributed by atoms with Gasteiger partial charge in [0.1, 0.15) is 6.04 Å². The van der Waals surface area contributed by atoms with Gasteiger partial charge in [-0.05, 0) is 31.5 Å². The summed E-state index contributed by atoms with van der Waals surface area (Å²) in [4.78, 5) is 26.4. The molecule has 0 aliphatic carbocycles. The average molecular weight is 308 g/mol. The summed E-state index contributed by atoms with van der Waals surface area (Å²) < 4.78 is 5.08. The zero-order valence-electron chi connectivity index (χ0n) is 12.3. The number of hydrogen-bond acceptors (Lipinski definition) is 5. The molecule has 0 aromatic heterocycles. The van der Waals surface area contributed by atoms with Crippen molar-refractivity contribution in [2.24, 2.45) is 0 Å². The third kappa shape index (κ3) is 3.50. The fourth-order valence-electron chi connectivity index (χ4n) is 2.31. The highest BCUT2D eigenvalue weighted by molar-refractivity contribution is 7.99. The third-order valence-corrected chi connectivity index (χ3v) is 4.46. The second-order valence-electron chi connectivity index (χ2n) is 4.92. The Morgan fingerprint density at radius 2 is 2.24 bits per heavy atom. The zero-order chi connectivity index (χ0) is 15.4. The van der Waals surface area contributed by atoms with Crippen LogP contribution in [-0.2, 0) is 9.53 Å². The minimum absolute atomic E-state index is 0.154. The van der Waals surface area contributed by atoms with Gasteiger partial charge in [0.05, 0.1) is 6.61 Å². The van der Waals surface area contributed by atoms with Crippen LogP contribution in [0, 0.1) is 6.92 Å². The van der Waals surface area contributed by atoms with E-state index >= 15 is 0 Å². The fourth-order valence-corrected chi connectivity index (χ4v) is 3.34. The minimum atomic E-state index is -0.517. The molecule has 2 N–H and O–H groups in total. The summed E-state index contributed by atoms with van der Waals surface area (Å²) in [5.74, 6) is 0.910. The molecule has 21 heavy (non-hydrogen) atoms. The Hall–Kier alpha value is -1.69. The first-order valence-electron chi connectivity index (χ1n) is 6.96. The van der Waals surface area contributed by atoms with Crippen LogP contribution < -0.4 is 5.73 Å². The molecular formula is C15H20N2O3S. The quantitative estimate of drug-likeness (QED) is 0.679. The molecule has 1 unspecified atom stereocenters. The van der Waals surface area contributed by atoms with Crippen LogP contribution >= 0.6 is 11.8 Å². The number of nitrogens with zero attached hydrogens (tertiary/aromatic N) is 1. The third-order valence-electron chi connectivity index (χ3n) is 3.44. The van der Waals surface area contributed by atoms with Crippen LogP contribution in [0.2, 0.25) is 0 Å². The molecular weight excluding hydrogens is 288 g/mol. The Balaban J connectivity index is 2.26. The van der Waals surface area contributed by atoms with Gasteiger partial charge in [-0.3, -0.25) is 4.79 Å². The van der Waals surface area contributed by atoms with E-state index in [9.17, 15) is 9.59 Å². The van der Waals surface area contributed by atoms with Gasteiger partial charge < -0.3 is 15.4 Å². The van der Waals surface area contributed by atoms with Crippen LogP contribution in [0.4, 0.5) is 5.69 Å². The van der Waals surface area contributed by atoms with Crippen molar-refractivity contribution in [3.63, 3.8) is 0 Å². The smallest absolute Gasteiger partial charge is 0.329 e. The van der Waals surface area contributed by atoms with Crippen molar-refractivity contribution >= 4 is 29.3 Å². The van der Waals surface area contributed by atoms with E-state index in [2.05, 4.69) is 0 Å². The van der Waals surface area contributed by atoms with Crippen LogP contribution in [0.15, 0.2) is 18.2 Å². The van der Waals surface area contributed by atoms with Gasteiger partial charge in [-0.25, -0.2) is 4.79 Å². The molecule has 1 amide bonds. The Morgan fingerprint density at radius 3 is 2.95 bits per heavy atom. The lowest BCUT2D eigenvalue weighted by Crippen LogP contribution is -2.51. The maximum absolute atomic E-state index is 12.7. The van der Waals surface area contributed by atoms with Crippen molar-refractivity contribution in [2.75, 3.05) is 30.4 Å². The molecule has 1 aliphatic rings. The number of benzene rings is 1. The van der Waals surface area contributed by atoms with Crippen LogP contribution in [-0.4, -0.2) is 47.5 Å². The first-order valence-corrected chi connectivity index (χ1v) is 8.11. The summed E-state index contributed by atoms with van der Waals surface area (Å²) in [7, 11) is 0. The highest BCUT2D eigenvalue weighted by atomic mass is 32.2. The Bertz CT molecular complexity index is 548. The van der Waals surface area contributed by atoms with Crippen molar-refractivity contribution in [1.82, 2.24) is 4.90 Å². The van der Waals surface area contributed by atoms with E-state index in [0.717, 1.165) is 11.3 Å². The molecule has 1 aliphatic heterocycles. The van der Waals surface area contributed by atoms with E-state index in [0.29, 0.717) is 30.2 Å². The van der Waals surface area contributed by atoms with Gasteiger partial charge in [0.25, 0.3) is 5.91 Å². The number of nitrogens with two attached hydrogens (primary N) is 1. The van der Waals surface area contributed by atoms with Crippen LogP contribution in [0.25, 0.3) is 0 Å². The minimum Gasteiger partial charge on any atom is -0.464 e. The SMILES string of the molecule is CCOC(=O)C1CSCCN1C(=O)c1cc(N)ccc1C. The highest BCUT2D eigenvalue weighted by Crippen LogP contribution is 2.22. The van der Waals surface area contributed by atoms with Crippen LogP contribution in [0.3, 0.4) is 0 Å². The molecule has 0 radical (unpaired) electrons. The van der Waals surface area contributed by atoms with Gasteiger partial charge in [-0.15, -0.1) is 0 Å². The second kappa shape index (κ2) is 6.85. The molecule has 5 nitrogen and oxygen atoms in total. The number of aryl methyl sites for hydroxylation is 1. The van der Waals surface area contributed by atoms with Gasteiger partial charge in [0.15, 0.2) is 0 Å². The van der Waals surface area contributed by atoms with E-state index in [1.807, 2.05) is 13.0 Å². The monoisotopic (exact) mass is 308 g/mol. The van der Waals surface area contributed by atoms with E-state index in [-0.39, 0.29) is 11.9 Å². The number of hydrogen-bond donors (Lipinski definition) is 1. The Morgan fingerprint density at radius 1 is 1.48 bits per heavy atom. The summed E-state index contributed by atoms with van der Waals surface area (Å²) in [6.07, 6.45) is 0. The first-order chi connectivity index (χ1) is 10.0. The number of amides is 1. The molecule has 1 fully saturated rings. The molecule has 114 valence electrons. The summed E-state index contributed by atoms with van der Waals surface area (Å²) in [6.45, 7) is 4.49. The molecule has 0 bridgehead atoms. The zero-order valence-corrected chi connectivity index (χ0v) is 13.1. The molecule has 1 aromatic carbocycles.